The number of nitrogens with zero attached hydrogens (tertiary/aromatic N) is 1. The first-order valence-electron chi connectivity index (χ1n) is 8.93. The summed E-state index contributed by atoms with van der Waals surface area (Å²) in [4.78, 5) is 16.2. The Morgan fingerprint density at radius 3 is 2.72 bits per heavy atom. The fourth-order valence-corrected chi connectivity index (χ4v) is 4.40. The lowest BCUT2D eigenvalue weighted by atomic mass is 10.1. The van der Waals surface area contributed by atoms with E-state index in [0.29, 0.717) is 6.54 Å². The minimum Gasteiger partial charge on any atom is -0.466 e. The molecule has 1 aliphatic heterocycles. The van der Waals surface area contributed by atoms with Gasteiger partial charge in [-0.1, -0.05) is 6.07 Å². The lowest BCUT2D eigenvalue weighted by molar-refractivity contribution is 0.220. The average Bonchev–Trinajstić information content (AvgIpc) is 3.30. The lowest BCUT2D eigenvalue weighted by Crippen LogP contribution is -2.42. The van der Waals surface area contributed by atoms with E-state index < -0.39 is 0 Å². The highest BCUT2D eigenvalue weighted by Crippen LogP contribution is 2.28. The molecule has 2 aromatic rings. The van der Waals surface area contributed by atoms with Crippen molar-refractivity contribution in [1.29, 1.82) is 0 Å². The molecule has 5 nitrogen and oxygen atoms in total. The van der Waals surface area contributed by atoms with Gasteiger partial charge in [0.1, 0.15) is 11.5 Å². The van der Waals surface area contributed by atoms with Gasteiger partial charge in [-0.15, -0.1) is 11.3 Å². The first-order chi connectivity index (χ1) is 12.0. The van der Waals surface area contributed by atoms with Crippen LogP contribution in [0.4, 0.5) is 4.79 Å². The van der Waals surface area contributed by atoms with E-state index >= 15 is 0 Å². The number of carbonyl (C=O) groups excluding carboxylic acids is 1. The van der Waals surface area contributed by atoms with E-state index in [9.17, 15) is 4.79 Å². The zero-order valence-electron chi connectivity index (χ0n) is 15.2. The number of amides is 2. The average molecular weight is 362 g/mol. The van der Waals surface area contributed by atoms with Crippen molar-refractivity contribution in [2.45, 2.75) is 45.7 Å². The van der Waals surface area contributed by atoms with Gasteiger partial charge in [0.25, 0.3) is 0 Å². The summed E-state index contributed by atoms with van der Waals surface area (Å²) in [6, 6.07) is 6.28. The standard InChI is InChI=1S/C19H27N3O2S/c1-13-11-16(15(3)24-13)14(2)21-19(23)20-12-17(18-7-6-10-25-18)22-8-4-5-9-22/h6-7,10-11,14,17H,4-5,8-9,12H2,1-3H3,(H2,20,21,23). The van der Waals surface area contributed by atoms with Crippen molar-refractivity contribution in [2.75, 3.05) is 19.6 Å². The van der Waals surface area contributed by atoms with Gasteiger partial charge < -0.3 is 15.1 Å². The minimum atomic E-state index is -0.133. The van der Waals surface area contributed by atoms with E-state index in [1.807, 2.05) is 26.8 Å². The molecule has 2 aromatic heterocycles. The van der Waals surface area contributed by atoms with Crippen molar-refractivity contribution in [3.63, 3.8) is 0 Å². The Bertz CT molecular complexity index is 690. The van der Waals surface area contributed by atoms with Crippen LogP contribution in [0, 0.1) is 13.8 Å². The summed E-state index contributed by atoms with van der Waals surface area (Å²) in [5, 5.41) is 8.18. The molecule has 0 saturated carbocycles. The summed E-state index contributed by atoms with van der Waals surface area (Å²) >= 11 is 1.76. The first-order valence-corrected chi connectivity index (χ1v) is 9.81. The van der Waals surface area contributed by atoms with Crippen LogP contribution in [0.2, 0.25) is 0 Å². The fraction of sp³-hybridized carbons (Fsp3) is 0.526. The van der Waals surface area contributed by atoms with Crippen molar-refractivity contribution >= 4 is 17.4 Å². The Morgan fingerprint density at radius 2 is 2.12 bits per heavy atom. The monoisotopic (exact) mass is 361 g/mol. The molecular formula is C19H27N3O2S. The largest absolute Gasteiger partial charge is 0.466 e. The van der Waals surface area contributed by atoms with Gasteiger partial charge in [-0.3, -0.25) is 4.90 Å². The second-order valence-electron chi connectivity index (χ2n) is 6.72. The van der Waals surface area contributed by atoms with Crippen LogP contribution in [0.25, 0.3) is 0 Å². The van der Waals surface area contributed by atoms with Gasteiger partial charge in [-0.2, -0.15) is 0 Å². The summed E-state index contributed by atoms with van der Waals surface area (Å²) in [6.45, 7) is 8.67. The normalized spacial score (nSPS) is 17.4. The minimum absolute atomic E-state index is 0.0792. The Hall–Kier alpha value is -1.79. The number of hydrogen-bond donors (Lipinski definition) is 2. The Labute approximate surface area is 153 Å². The van der Waals surface area contributed by atoms with Gasteiger partial charge >= 0.3 is 6.03 Å². The van der Waals surface area contributed by atoms with Crippen molar-refractivity contribution in [1.82, 2.24) is 15.5 Å². The maximum Gasteiger partial charge on any atom is 0.315 e. The predicted octanol–water partition coefficient (Wildman–Crippen LogP) is 4.16. The van der Waals surface area contributed by atoms with Crippen LogP contribution in [-0.4, -0.2) is 30.6 Å². The number of thiophene rings is 1. The number of nitrogens with one attached hydrogen (secondary N) is 2. The molecule has 0 bridgehead atoms. The van der Waals surface area contributed by atoms with Crippen LogP contribution in [-0.2, 0) is 0 Å². The van der Waals surface area contributed by atoms with Crippen LogP contribution in [0.1, 0.15) is 53.8 Å². The summed E-state index contributed by atoms with van der Waals surface area (Å²) in [6.07, 6.45) is 2.48. The van der Waals surface area contributed by atoms with Crippen molar-refractivity contribution in [2.24, 2.45) is 0 Å². The Kier molecular flexibility index (Phi) is 5.81. The van der Waals surface area contributed by atoms with Gasteiger partial charge in [0, 0.05) is 17.0 Å². The third-order valence-electron chi connectivity index (χ3n) is 4.80. The summed E-state index contributed by atoms with van der Waals surface area (Å²) in [5.74, 6) is 1.73. The number of hydrogen-bond acceptors (Lipinski definition) is 4. The molecule has 2 unspecified atom stereocenters. The second-order valence-corrected chi connectivity index (χ2v) is 7.70. The van der Waals surface area contributed by atoms with Crippen molar-refractivity contribution < 1.29 is 9.21 Å². The predicted molar refractivity (Wildman–Crippen MR) is 101 cm³/mol. The highest BCUT2D eigenvalue weighted by atomic mass is 32.1. The van der Waals surface area contributed by atoms with Crippen molar-refractivity contribution in [3.8, 4) is 0 Å². The van der Waals surface area contributed by atoms with E-state index in [1.54, 1.807) is 11.3 Å². The van der Waals surface area contributed by atoms with Gasteiger partial charge in [0.05, 0.1) is 12.1 Å². The van der Waals surface area contributed by atoms with E-state index in [0.717, 1.165) is 30.2 Å². The number of carbonyl (C=O) groups is 1. The molecule has 3 rings (SSSR count). The van der Waals surface area contributed by atoms with E-state index in [4.69, 9.17) is 4.42 Å². The molecule has 0 aromatic carbocycles. The quantitative estimate of drug-likeness (QED) is 0.812. The van der Waals surface area contributed by atoms with Crippen LogP contribution in [0.5, 0.6) is 0 Å². The summed E-state index contributed by atoms with van der Waals surface area (Å²) < 4.78 is 5.55. The van der Waals surface area contributed by atoms with Crippen LogP contribution >= 0.6 is 11.3 Å². The molecule has 2 N–H and O–H groups in total. The van der Waals surface area contributed by atoms with Gasteiger partial charge in [0.15, 0.2) is 0 Å². The number of rotatable bonds is 6. The topological polar surface area (TPSA) is 57.5 Å². The maximum absolute atomic E-state index is 12.4. The molecule has 1 aliphatic rings. The van der Waals surface area contributed by atoms with Gasteiger partial charge in [-0.05, 0) is 64.2 Å². The molecule has 0 aliphatic carbocycles. The Morgan fingerprint density at radius 1 is 1.36 bits per heavy atom. The van der Waals surface area contributed by atoms with E-state index in [1.165, 1.54) is 17.7 Å². The zero-order chi connectivity index (χ0) is 17.8. The van der Waals surface area contributed by atoms with Gasteiger partial charge in [0.2, 0.25) is 0 Å². The van der Waals surface area contributed by atoms with Crippen LogP contribution in [0.3, 0.4) is 0 Å². The number of aryl methyl sites for hydroxylation is 2. The second kappa shape index (κ2) is 8.06. The summed E-state index contributed by atoms with van der Waals surface area (Å²) in [5.41, 5.74) is 1.03. The molecule has 25 heavy (non-hydrogen) atoms. The molecule has 1 saturated heterocycles. The molecule has 1 fully saturated rings. The molecule has 2 atom stereocenters. The van der Waals surface area contributed by atoms with Crippen molar-refractivity contribution in [3.05, 3.63) is 45.5 Å². The van der Waals surface area contributed by atoms with Gasteiger partial charge in [-0.25, -0.2) is 4.79 Å². The molecule has 136 valence electrons. The van der Waals surface area contributed by atoms with E-state index in [2.05, 4.69) is 33.0 Å². The molecule has 0 spiro atoms. The third kappa shape index (κ3) is 4.44. The smallest absolute Gasteiger partial charge is 0.315 e. The Balaban J connectivity index is 1.57. The van der Waals surface area contributed by atoms with Crippen LogP contribution < -0.4 is 10.6 Å². The third-order valence-corrected chi connectivity index (χ3v) is 5.78. The lowest BCUT2D eigenvalue weighted by Gasteiger charge is -2.27. The molecule has 3 heterocycles. The highest BCUT2D eigenvalue weighted by molar-refractivity contribution is 7.10. The van der Waals surface area contributed by atoms with E-state index in [-0.39, 0.29) is 18.1 Å². The number of urea groups is 1. The fourth-order valence-electron chi connectivity index (χ4n) is 3.54. The number of furan rings is 1. The molecule has 0 radical (unpaired) electrons. The maximum atomic E-state index is 12.4. The number of likely N-dealkylation sites (tertiary alicyclic amines) is 1. The highest BCUT2D eigenvalue weighted by Gasteiger charge is 2.25. The summed E-state index contributed by atoms with van der Waals surface area (Å²) in [7, 11) is 0. The van der Waals surface area contributed by atoms with Crippen LogP contribution in [0.15, 0.2) is 28.0 Å². The molecule has 6 heteroatoms. The molecule has 2 amide bonds. The first kappa shape index (κ1) is 18.0. The zero-order valence-corrected chi connectivity index (χ0v) is 16.0. The SMILES string of the molecule is Cc1cc(C(C)NC(=O)NCC(c2cccs2)N2CCCC2)c(C)o1. The molecular weight excluding hydrogens is 334 g/mol.